The first-order valence-corrected chi connectivity index (χ1v) is 16.6. The summed E-state index contributed by atoms with van der Waals surface area (Å²) in [4.78, 5) is 22.9. The molecule has 0 aliphatic heterocycles. The minimum atomic E-state index is -1.33. The Morgan fingerprint density at radius 3 is 2.20 bits per heavy atom. The second-order valence-corrected chi connectivity index (χ2v) is 12.6. The molecular formula is C39H52N2O9. The highest BCUT2D eigenvalue weighted by molar-refractivity contribution is 5.86. The first kappa shape index (κ1) is 39.9. The van der Waals surface area contributed by atoms with Crippen LogP contribution >= 0.6 is 0 Å². The Kier molecular flexibility index (Phi) is 15.6. The summed E-state index contributed by atoms with van der Waals surface area (Å²) in [7, 11) is 8.09. The molecule has 1 aliphatic rings. The van der Waals surface area contributed by atoms with Crippen LogP contribution in [-0.2, 0) is 27.2 Å². The molecule has 0 aromatic heterocycles. The Bertz CT molecular complexity index is 1580. The lowest BCUT2D eigenvalue weighted by Crippen LogP contribution is -2.50. The van der Waals surface area contributed by atoms with Gasteiger partial charge < -0.3 is 49.7 Å². The number of phenolic OH excluding ortho intramolecular Hbond substituents is 1. The van der Waals surface area contributed by atoms with Crippen molar-refractivity contribution in [2.75, 3.05) is 42.2 Å². The van der Waals surface area contributed by atoms with Crippen molar-refractivity contribution in [2.24, 2.45) is 17.6 Å². The maximum Gasteiger partial charge on any atom is 0.251 e. The van der Waals surface area contributed by atoms with Crippen molar-refractivity contribution in [3.8, 4) is 28.7 Å². The molecule has 0 saturated carbocycles. The lowest BCUT2D eigenvalue weighted by atomic mass is 9.92. The lowest BCUT2D eigenvalue weighted by molar-refractivity contribution is -0.132. The molecule has 5 N–H and O–H groups in total. The quantitative estimate of drug-likeness (QED) is 0.164. The maximum atomic E-state index is 11.9. The highest BCUT2D eigenvalue weighted by atomic mass is 16.5. The van der Waals surface area contributed by atoms with Gasteiger partial charge in [0.25, 0.3) is 5.91 Å². The SMILES string of the molecule is CC(C)CC(C=O)NC(=O)C(O)C(N)Cc1ccccc1.COCC1C=C(c2ccc(OC)c(O)c2)c2cc(OC)c(OC)c(OC)c2CC1. The van der Waals surface area contributed by atoms with E-state index in [9.17, 15) is 19.8 Å². The van der Waals surface area contributed by atoms with Gasteiger partial charge in [-0.1, -0.05) is 56.3 Å². The Hall–Kier alpha value is -4.58. The highest BCUT2D eigenvalue weighted by Crippen LogP contribution is 2.47. The number of aliphatic hydroxyl groups excluding tert-OH is 1. The summed E-state index contributed by atoms with van der Waals surface area (Å²) in [6.07, 6.45) is 4.18. The molecule has 1 aliphatic carbocycles. The number of hydrogen-bond donors (Lipinski definition) is 4. The topological polar surface area (TPSA) is 159 Å². The zero-order chi connectivity index (χ0) is 36.8. The third-order valence-corrected chi connectivity index (χ3v) is 8.47. The van der Waals surface area contributed by atoms with Crippen LogP contribution in [0.4, 0.5) is 0 Å². The van der Waals surface area contributed by atoms with E-state index >= 15 is 0 Å². The summed E-state index contributed by atoms with van der Waals surface area (Å²) >= 11 is 0. The maximum absolute atomic E-state index is 11.9. The number of aldehydes is 1. The predicted molar refractivity (Wildman–Crippen MR) is 193 cm³/mol. The van der Waals surface area contributed by atoms with Gasteiger partial charge in [0.1, 0.15) is 12.4 Å². The third kappa shape index (κ3) is 10.5. The molecule has 0 bridgehead atoms. The van der Waals surface area contributed by atoms with E-state index in [1.54, 1.807) is 40.6 Å². The highest BCUT2D eigenvalue weighted by Gasteiger charge is 2.28. The second kappa shape index (κ2) is 19.6. The van der Waals surface area contributed by atoms with E-state index in [0.717, 1.165) is 40.7 Å². The number of ether oxygens (including phenoxy) is 5. The van der Waals surface area contributed by atoms with Crippen LogP contribution in [0.2, 0.25) is 0 Å². The summed E-state index contributed by atoms with van der Waals surface area (Å²) in [6, 6.07) is 15.5. The molecule has 3 aromatic rings. The van der Waals surface area contributed by atoms with Gasteiger partial charge in [-0.2, -0.15) is 0 Å². The lowest BCUT2D eigenvalue weighted by Gasteiger charge is -2.21. The van der Waals surface area contributed by atoms with Crippen molar-refractivity contribution in [1.29, 1.82) is 0 Å². The number of fused-ring (bicyclic) bond motifs is 1. The van der Waals surface area contributed by atoms with Crippen LogP contribution in [0.25, 0.3) is 5.57 Å². The van der Waals surface area contributed by atoms with Gasteiger partial charge in [-0.25, -0.2) is 0 Å². The molecule has 272 valence electrons. The summed E-state index contributed by atoms with van der Waals surface area (Å²) in [5.74, 6) is 2.26. The number of amides is 1. The molecule has 1 amide bonds. The van der Waals surface area contributed by atoms with E-state index in [1.165, 1.54) is 7.11 Å². The summed E-state index contributed by atoms with van der Waals surface area (Å²) in [5.41, 5.74) is 10.7. The first-order chi connectivity index (χ1) is 24.0. The van der Waals surface area contributed by atoms with E-state index in [1.807, 2.05) is 56.3 Å². The molecular weight excluding hydrogens is 640 g/mol. The second-order valence-electron chi connectivity index (χ2n) is 12.6. The molecule has 11 nitrogen and oxygen atoms in total. The van der Waals surface area contributed by atoms with Crippen LogP contribution in [0.5, 0.6) is 28.7 Å². The monoisotopic (exact) mass is 692 g/mol. The Morgan fingerprint density at radius 1 is 0.960 bits per heavy atom. The van der Waals surface area contributed by atoms with Crippen LogP contribution in [0, 0.1) is 11.8 Å². The van der Waals surface area contributed by atoms with Gasteiger partial charge in [0, 0.05) is 24.6 Å². The average molecular weight is 693 g/mol. The van der Waals surface area contributed by atoms with Crippen molar-refractivity contribution in [1.82, 2.24) is 5.32 Å². The molecule has 0 saturated heterocycles. The molecule has 50 heavy (non-hydrogen) atoms. The van der Waals surface area contributed by atoms with Gasteiger partial charge >= 0.3 is 0 Å². The number of rotatable bonds is 15. The third-order valence-electron chi connectivity index (χ3n) is 8.47. The number of methoxy groups -OCH3 is 5. The fourth-order valence-electron chi connectivity index (χ4n) is 6.01. The van der Waals surface area contributed by atoms with Crippen LogP contribution in [0.15, 0.2) is 60.7 Å². The zero-order valence-electron chi connectivity index (χ0n) is 30.1. The molecule has 0 fully saturated rings. The molecule has 0 spiro atoms. The van der Waals surface area contributed by atoms with Gasteiger partial charge in [0.05, 0.1) is 41.1 Å². The Morgan fingerprint density at radius 2 is 1.64 bits per heavy atom. The number of hydrogen-bond acceptors (Lipinski definition) is 10. The fourth-order valence-corrected chi connectivity index (χ4v) is 6.01. The molecule has 4 rings (SSSR count). The van der Waals surface area contributed by atoms with E-state index < -0.39 is 24.1 Å². The normalized spacial score (nSPS) is 15.6. The van der Waals surface area contributed by atoms with E-state index in [0.29, 0.717) is 48.7 Å². The molecule has 4 atom stereocenters. The zero-order valence-corrected chi connectivity index (χ0v) is 30.1. The summed E-state index contributed by atoms with van der Waals surface area (Å²) in [5, 5.41) is 22.8. The van der Waals surface area contributed by atoms with Gasteiger partial charge in [0.2, 0.25) is 5.75 Å². The van der Waals surface area contributed by atoms with Crippen molar-refractivity contribution < 1.29 is 43.5 Å². The number of carbonyl (C=O) groups is 2. The minimum Gasteiger partial charge on any atom is -0.504 e. The van der Waals surface area contributed by atoms with Crippen molar-refractivity contribution in [3.63, 3.8) is 0 Å². The number of aliphatic hydroxyl groups is 1. The molecule has 0 radical (unpaired) electrons. The van der Waals surface area contributed by atoms with Gasteiger partial charge in [0.15, 0.2) is 23.0 Å². The first-order valence-electron chi connectivity index (χ1n) is 16.6. The molecule has 0 heterocycles. The van der Waals surface area contributed by atoms with Crippen molar-refractivity contribution in [2.45, 2.75) is 57.7 Å². The van der Waals surface area contributed by atoms with Crippen LogP contribution in [-0.4, -0.2) is 82.7 Å². The van der Waals surface area contributed by atoms with Crippen LogP contribution in [0.1, 0.15) is 48.9 Å². The number of aromatic hydroxyl groups is 1. The van der Waals surface area contributed by atoms with Crippen molar-refractivity contribution >= 4 is 17.8 Å². The Labute approximate surface area is 295 Å². The van der Waals surface area contributed by atoms with Gasteiger partial charge in [-0.15, -0.1) is 0 Å². The number of nitrogens with two attached hydrogens (primary N) is 1. The van der Waals surface area contributed by atoms with Crippen LogP contribution in [0.3, 0.4) is 0 Å². The van der Waals surface area contributed by atoms with Crippen molar-refractivity contribution in [3.05, 3.63) is 82.9 Å². The van der Waals surface area contributed by atoms with E-state index in [-0.39, 0.29) is 17.6 Å². The smallest absolute Gasteiger partial charge is 0.251 e. The summed E-state index contributed by atoms with van der Waals surface area (Å²) < 4.78 is 27.5. The number of carbonyl (C=O) groups excluding carboxylic acids is 2. The molecule has 11 heteroatoms. The largest absolute Gasteiger partial charge is 0.504 e. The molecule has 4 unspecified atom stereocenters. The Balaban J connectivity index is 0.000000286. The number of nitrogens with one attached hydrogen (secondary N) is 1. The molecule has 3 aromatic carbocycles. The minimum absolute atomic E-state index is 0.0902. The van der Waals surface area contributed by atoms with Gasteiger partial charge in [-0.3, -0.25) is 4.79 Å². The fraction of sp³-hybridized carbons (Fsp3) is 0.436. The van der Waals surface area contributed by atoms with Crippen LogP contribution < -0.4 is 30.0 Å². The van der Waals surface area contributed by atoms with Gasteiger partial charge in [-0.05, 0) is 72.1 Å². The van der Waals surface area contributed by atoms with E-state index in [2.05, 4.69) is 11.4 Å². The van der Waals surface area contributed by atoms with E-state index in [4.69, 9.17) is 29.4 Å². The predicted octanol–water partition coefficient (Wildman–Crippen LogP) is 4.71. The average Bonchev–Trinajstić information content (AvgIpc) is 3.29. The number of phenols is 1. The summed E-state index contributed by atoms with van der Waals surface area (Å²) in [6.45, 7) is 4.52. The number of benzene rings is 3. The standard InChI is InChI=1S/C23H28O6.C16H24N2O3/c1-25-13-14-6-8-16-18(12-21(27-3)23(29-5)22(16)28-4)17(10-14)15-7-9-20(26-2)19(24)11-15;1-11(2)8-13(10-19)18-16(21)15(20)14(17)9-12-6-4-3-5-7-12/h7,9-12,14,24H,6,8,13H2,1-5H3;3-7,10-11,13-15,20H,8-9,17H2,1-2H3,(H,18,21).